The van der Waals surface area contributed by atoms with E-state index >= 15 is 0 Å². The normalized spacial score (nSPS) is 10.8. The van der Waals surface area contributed by atoms with Crippen molar-refractivity contribution in [3.63, 3.8) is 0 Å². The van der Waals surface area contributed by atoms with Gasteiger partial charge in [0.05, 0.1) is 18.8 Å². The first-order valence-electron chi connectivity index (χ1n) is 6.56. The van der Waals surface area contributed by atoms with Gasteiger partial charge in [-0.1, -0.05) is 30.3 Å². The maximum Gasteiger partial charge on any atom is 0.0659 e. The van der Waals surface area contributed by atoms with Gasteiger partial charge in [0, 0.05) is 32.0 Å². The Hall–Kier alpha value is -1.65. The second-order valence-electron chi connectivity index (χ2n) is 4.59. The van der Waals surface area contributed by atoms with Crippen molar-refractivity contribution in [3.8, 4) is 0 Å². The van der Waals surface area contributed by atoms with E-state index in [0.717, 1.165) is 31.9 Å². The summed E-state index contributed by atoms with van der Waals surface area (Å²) < 4.78 is 7.01. The van der Waals surface area contributed by atoms with E-state index in [-0.39, 0.29) is 0 Å². The standard InChI is InChI=1S/C15H21N3O/c1-13-15(10-16-8-9-19-2)12-18(17-13)11-14-6-4-3-5-7-14/h3-7,12,16H,8-11H2,1-2H3. The largest absolute Gasteiger partial charge is 0.383 e. The molecule has 0 aliphatic rings. The fourth-order valence-electron chi connectivity index (χ4n) is 1.98. The number of methoxy groups -OCH3 is 1. The molecule has 102 valence electrons. The summed E-state index contributed by atoms with van der Waals surface area (Å²) in [7, 11) is 1.71. The Balaban J connectivity index is 1.93. The number of nitrogens with one attached hydrogen (secondary N) is 1. The van der Waals surface area contributed by atoms with Crippen LogP contribution >= 0.6 is 0 Å². The number of aryl methyl sites for hydroxylation is 1. The molecule has 1 aromatic heterocycles. The van der Waals surface area contributed by atoms with Crippen LogP contribution in [-0.2, 0) is 17.8 Å². The Morgan fingerprint density at radius 1 is 1.26 bits per heavy atom. The number of rotatable bonds is 7. The van der Waals surface area contributed by atoms with E-state index in [2.05, 4.69) is 47.8 Å². The summed E-state index contributed by atoms with van der Waals surface area (Å²) in [5.74, 6) is 0. The number of hydrogen-bond acceptors (Lipinski definition) is 3. The third kappa shape index (κ3) is 4.19. The molecule has 0 fully saturated rings. The molecule has 1 N–H and O–H groups in total. The topological polar surface area (TPSA) is 39.1 Å². The summed E-state index contributed by atoms with van der Waals surface area (Å²) in [5, 5.41) is 7.89. The lowest BCUT2D eigenvalue weighted by Gasteiger charge is -2.02. The second kappa shape index (κ2) is 7.07. The minimum Gasteiger partial charge on any atom is -0.383 e. The summed E-state index contributed by atoms with van der Waals surface area (Å²) in [6, 6.07) is 10.4. The van der Waals surface area contributed by atoms with E-state index in [1.54, 1.807) is 7.11 Å². The molecule has 4 nitrogen and oxygen atoms in total. The van der Waals surface area contributed by atoms with E-state index in [4.69, 9.17) is 4.74 Å². The van der Waals surface area contributed by atoms with Crippen molar-refractivity contribution in [1.82, 2.24) is 15.1 Å². The molecule has 0 aliphatic carbocycles. The van der Waals surface area contributed by atoms with Gasteiger partial charge in [0.1, 0.15) is 0 Å². The van der Waals surface area contributed by atoms with Crippen LogP contribution in [0.5, 0.6) is 0 Å². The first-order chi connectivity index (χ1) is 9.29. The molecule has 2 aromatic rings. The van der Waals surface area contributed by atoms with Crippen LogP contribution in [0, 0.1) is 6.92 Å². The van der Waals surface area contributed by atoms with Gasteiger partial charge >= 0.3 is 0 Å². The molecule has 1 aromatic carbocycles. The average molecular weight is 259 g/mol. The first kappa shape index (κ1) is 13.8. The van der Waals surface area contributed by atoms with Crippen LogP contribution in [0.2, 0.25) is 0 Å². The molecule has 0 bridgehead atoms. The van der Waals surface area contributed by atoms with Gasteiger partial charge in [-0.15, -0.1) is 0 Å². The summed E-state index contributed by atoms with van der Waals surface area (Å²) in [5.41, 5.74) is 3.59. The molecule has 0 saturated heterocycles. The van der Waals surface area contributed by atoms with Crippen molar-refractivity contribution in [2.24, 2.45) is 0 Å². The number of benzene rings is 1. The maximum atomic E-state index is 5.01. The molecule has 1 heterocycles. The number of nitrogens with zero attached hydrogens (tertiary/aromatic N) is 2. The van der Waals surface area contributed by atoms with Gasteiger partial charge in [-0.2, -0.15) is 5.10 Å². The minimum atomic E-state index is 0.733. The molecule has 0 unspecified atom stereocenters. The number of hydrogen-bond donors (Lipinski definition) is 1. The lowest BCUT2D eigenvalue weighted by Crippen LogP contribution is -2.18. The van der Waals surface area contributed by atoms with Crippen LogP contribution < -0.4 is 5.32 Å². The van der Waals surface area contributed by atoms with Gasteiger partial charge in [0.25, 0.3) is 0 Å². The smallest absolute Gasteiger partial charge is 0.0659 e. The van der Waals surface area contributed by atoms with E-state index in [1.807, 2.05) is 10.7 Å². The van der Waals surface area contributed by atoms with Crippen molar-refractivity contribution < 1.29 is 4.74 Å². The fraction of sp³-hybridized carbons (Fsp3) is 0.400. The van der Waals surface area contributed by atoms with Gasteiger partial charge in [0.2, 0.25) is 0 Å². The van der Waals surface area contributed by atoms with Crippen molar-refractivity contribution in [3.05, 3.63) is 53.3 Å². The Kier molecular flexibility index (Phi) is 5.12. The van der Waals surface area contributed by atoms with Crippen molar-refractivity contribution in [2.45, 2.75) is 20.0 Å². The SMILES string of the molecule is COCCNCc1cn(Cc2ccccc2)nc1C. The molecule has 4 heteroatoms. The highest BCUT2D eigenvalue weighted by atomic mass is 16.5. The molecule has 0 saturated carbocycles. The van der Waals surface area contributed by atoms with E-state index < -0.39 is 0 Å². The Morgan fingerprint density at radius 3 is 2.79 bits per heavy atom. The van der Waals surface area contributed by atoms with Gasteiger partial charge in [-0.05, 0) is 12.5 Å². The third-order valence-corrected chi connectivity index (χ3v) is 3.03. The van der Waals surface area contributed by atoms with Crippen LogP contribution in [0.4, 0.5) is 0 Å². The van der Waals surface area contributed by atoms with Gasteiger partial charge in [-0.3, -0.25) is 4.68 Å². The molecule has 0 spiro atoms. The second-order valence-corrected chi connectivity index (χ2v) is 4.59. The molecule has 0 amide bonds. The summed E-state index contributed by atoms with van der Waals surface area (Å²) in [4.78, 5) is 0. The highest BCUT2D eigenvalue weighted by Gasteiger charge is 2.04. The molecule has 2 rings (SSSR count). The monoisotopic (exact) mass is 259 g/mol. The molecular formula is C15H21N3O. The third-order valence-electron chi connectivity index (χ3n) is 3.03. The predicted molar refractivity (Wildman–Crippen MR) is 76.1 cm³/mol. The Morgan fingerprint density at radius 2 is 2.05 bits per heavy atom. The van der Waals surface area contributed by atoms with E-state index in [1.165, 1.54) is 11.1 Å². The van der Waals surface area contributed by atoms with Gasteiger partial charge in [0.15, 0.2) is 0 Å². The van der Waals surface area contributed by atoms with Crippen LogP contribution in [0.15, 0.2) is 36.5 Å². The van der Waals surface area contributed by atoms with Crippen LogP contribution in [0.3, 0.4) is 0 Å². The average Bonchev–Trinajstić information content (AvgIpc) is 2.76. The van der Waals surface area contributed by atoms with Crippen molar-refractivity contribution >= 4 is 0 Å². The first-order valence-corrected chi connectivity index (χ1v) is 6.56. The molecule has 0 aliphatic heterocycles. The fourth-order valence-corrected chi connectivity index (χ4v) is 1.98. The van der Waals surface area contributed by atoms with Gasteiger partial charge in [-0.25, -0.2) is 0 Å². The molecular weight excluding hydrogens is 238 g/mol. The van der Waals surface area contributed by atoms with Crippen LogP contribution in [0.1, 0.15) is 16.8 Å². The van der Waals surface area contributed by atoms with Crippen LogP contribution in [0.25, 0.3) is 0 Å². The Bertz CT molecular complexity index is 493. The summed E-state index contributed by atoms with van der Waals surface area (Å²) in [6.45, 7) is 5.30. The van der Waals surface area contributed by atoms with Crippen LogP contribution in [-0.4, -0.2) is 30.0 Å². The minimum absolute atomic E-state index is 0.733. The van der Waals surface area contributed by atoms with E-state index in [9.17, 15) is 0 Å². The molecule has 0 radical (unpaired) electrons. The quantitative estimate of drug-likeness (QED) is 0.773. The lowest BCUT2D eigenvalue weighted by molar-refractivity contribution is 0.199. The zero-order valence-electron chi connectivity index (χ0n) is 11.6. The number of aromatic nitrogens is 2. The predicted octanol–water partition coefficient (Wildman–Crippen LogP) is 1.98. The Labute approximate surface area is 114 Å². The van der Waals surface area contributed by atoms with Crippen molar-refractivity contribution in [1.29, 1.82) is 0 Å². The van der Waals surface area contributed by atoms with Crippen molar-refractivity contribution in [2.75, 3.05) is 20.3 Å². The molecule has 19 heavy (non-hydrogen) atoms. The highest BCUT2D eigenvalue weighted by molar-refractivity contribution is 5.18. The highest BCUT2D eigenvalue weighted by Crippen LogP contribution is 2.08. The van der Waals surface area contributed by atoms with E-state index in [0.29, 0.717) is 0 Å². The maximum absolute atomic E-state index is 5.01. The zero-order valence-corrected chi connectivity index (χ0v) is 11.6. The summed E-state index contributed by atoms with van der Waals surface area (Å²) in [6.07, 6.45) is 2.11. The number of ether oxygens (including phenoxy) is 1. The zero-order chi connectivity index (χ0) is 13.5. The lowest BCUT2D eigenvalue weighted by atomic mass is 10.2. The van der Waals surface area contributed by atoms with Gasteiger partial charge < -0.3 is 10.1 Å². The molecule has 0 atom stereocenters. The summed E-state index contributed by atoms with van der Waals surface area (Å²) >= 11 is 0.